The van der Waals surface area contributed by atoms with E-state index in [0.29, 0.717) is 35.5 Å². The molecule has 0 spiro atoms. The van der Waals surface area contributed by atoms with E-state index in [0.717, 1.165) is 24.6 Å². The van der Waals surface area contributed by atoms with Gasteiger partial charge in [-0.25, -0.2) is 0 Å². The monoisotopic (exact) mass is 347 g/mol. The lowest BCUT2D eigenvalue weighted by Crippen LogP contribution is -2.32. The van der Waals surface area contributed by atoms with Gasteiger partial charge in [-0.1, -0.05) is 12.1 Å². The van der Waals surface area contributed by atoms with Gasteiger partial charge in [0.1, 0.15) is 0 Å². The summed E-state index contributed by atoms with van der Waals surface area (Å²) in [6, 6.07) is 3.64. The van der Waals surface area contributed by atoms with Crippen LogP contribution in [0.3, 0.4) is 0 Å². The van der Waals surface area contributed by atoms with Gasteiger partial charge in [0.25, 0.3) is 0 Å². The Labute approximate surface area is 147 Å². The van der Waals surface area contributed by atoms with E-state index in [4.69, 9.17) is 18.7 Å². The first-order chi connectivity index (χ1) is 12.1. The number of nitrogens with zero attached hydrogens (tertiary/aromatic N) is 3. The number of aromatic nitrogens is 2. The maximum atomic E-state index is 5.44. The SMILES string of the molecule is COc1cc(-c2noc(CN3CCC(C)CC3)n2)cc(OC)c1OC. The third-order valence-corrected chi connectivity index (χ3v) is 4.63. The molecule has 0 saturated carbocycles. The number of methoxy groups -OCH3 is 3. The van der Waals surface area contributed by atoms with Crippen molar-refractivity contribution in [3.8, 4) is 28.6 Å². The van der Waals surface area contributed by atoms with Crippen molar-refractivity contribution < 1.29 is 18.7 Å². The minimum absolute atomic E-state index is 0.514. The van der Waals surface area contributed by atoms with E-state index < -0.39 is 0 Å². The minimum atomic E-state index is 0.514. The summed E-state index contributed by atoms with van der Waals surface area (Å²) in [5.41, 5.74) is 0.761. The second-order valence-electron chi connectivity index (χ2n) is 6.38. The first-order valence-corrected chi connectivity index (χ1v) is 8.50. The van der Waals surface area contributed by atoms with Crippen molar-refractivity contribution >= 4 is 0 Å². The summed E-state index contributed by atoms with van der Waals surface area (Å²) >= 11 is 0. The van der Waals surface area contributed by atoms with Gasteiger partial charge in [-0.15, -0.1) is 0 Å². The lowest BCUT2D eigenvalue weighted by molar-refractivity contribution is 0.165. The molecule has 0 radical (unpaired) electrons. The van der Waals surface area contributed by atoms with Crippen LogP contribution in [0.2, 0.25) is 0 Å². The molecule has 0 atom stereocenters. The lowest BCUT2D eigenvalue weighted by Gasteiger charge is -2.28. The number of benzene rings is 1. The first-order valence-electron chi connectivity index (χ1n) is 8.50. The Morgan fingerprint density at radius 1 is 1.08 bits per heavy atom. The molecule has 136 valence electrons. The van der Waals surface area contributed by atoms with Crippen LogP contribution in [-0.2, 0) is 6.54 Å². The van der Waals surface area contributed by atoms with E-state index in [1.807, 2.05) is 12.1 Å². The van der Waals surface area contributed by atoms with Crippen LogP contribution in [0.15, 0.2) is 16.7 Å². The molecule has 0 amide bonds. The van der Waals surface area contributed by atoms with Crippen molar-refractivity contribution in [2.24, 2.45) is 5.92 Å². The highest BCUT2D eigenvalue weighted by Gasteiger charge is 2.20. The molecule has 2 heterocycles. The van der Waals surface area contributed by atoms with Crippen LogP contribution in [0.4, 0.5) is 0 Å². The predicted octanol–water partition coefficient (Wildman–Crippen LogP) is 2.99. The van der Waals surface area contributed by atoms with Crippen molar-refractivity contribution in [1.29, 1.82) is 0 Å². The number of piperidine rings is 1. The maximum absolute atomic E-state index is 5.44. The quantitative estimate of drug-likeness (QED) is 0.795. The van der Waals surface area contributed by atoms with Gasteiger partial charge < -0.3 is 18.7 Å². The standard InChI is InChI=1S/C18H25N3O4/c1-12-5-7-21(8-6-12)11-16-19-18(20-25-16)13-9-14(22-2)17(24-4)15(10-13)23-3/h9-10,12H,5-8,11H2,1-4H3. The zero-order valence-electron chi connectivity index (χ0n) is 15.2. The summed E-state index contributed by atoms with van der Waals surface area (Å²) in [4.78, 5) is 6.88. The number of rotatable bonds is 6. The van der Waals surface area contributed by atoms with Crippen LogP contribution in [0.25, 0.3) is 11.4 Å². The van der Waals surface area contributed by atoms with Crippen LogP contribution in [0.5, 0.6) is 17.2 Å². The Balaban J connectivity index is 1.79. The molecular weight excluding hydrogens is 322 g/mol. The van der Waals surface area contributed by atoms with Crippen molar-refractivity contribution in [2.45, 2.75) is 26.3 Å². The van der Waals surface area contributed by atoms with Crippen LogP contribution >= 0.6 is 0 Å². The van der Waals surface area contributed by atoms with E-state index >= 15 is 0 Å². The highest BCUT2D eigenvalue weighted by Crippen LogP contribution is 2.40. The average Bonchev–Trinajstić information content (AvgIpc) is 3.10. The zero-order chi connectivity index (χ0) is 17.8. The van der Waals surface area contributed by atoms with Gasteiger partial charge in [0.2, 0.25) is 17.5 Å². The minimum Gasteiger partial charge on any atom is -0.493 e. The molecule has 25 heavy (non-hydrogen) atoms. The van der Waals surface area contributed by atoms with Gasteiger partial charge in [0.05, 0.1) is 27.9 Å². The smallest absolute Gasteiger partial charge is 0.241 e. The lowest BCUT2D eigenvalue weighted by atomic mass is 9.99. The Morgan fingerprint density at radius 3 is 2.28 bits per heavy atom. The largest absolute Gasteiger partial charge is 0.493 e. The molecule has 1 fully saturated rings. The van der Waals surface area contributed by atoms with Crippen LogP contribution in [0.1, 0.15) is 25.7 Å². The Morgan fingerprint density at radius 2 is 1.72 bits per heavy atom. The van der Waals surface area contributed by atoms with Gasteiger partial charge in [-0.2, -0.15) is 4.98 Å². The molecule has 3 rings (SSSR count). The second kappa shape index (κ2) is 7.74. The molecule has 1 aliphatic heterocycles. The Bertz CT molecular complexity index is 683. The summed E-state index contributed by atoms with van der Waals surface area (Å²) in [6.45, 7) is 5.13. The predicted molar refractivity (Wildman–Crippen MR) is 93.1 cm³/mol. The summed E-state index contributed by atoms with van der Waals surface area (Å²) in [5, 5.41) is 4.11. The van der Waals surface area contributed by atoms with Crippen LogP contribution in [0, 0.1) is 5.92 Å². The van der Waals surface area contributed by atoms with Gasteiger partial charge >= 0.3 is 0 Å². The van der Waals surface area contributed by atoms with Gasteiger partial charge in [0, 0.05) is 5.56 Å². The molecule has 0 unspecified atom stereocenters. The number of hydrogen-bond donors (Lipinski definition) is 0. The number of ether oxygens (including phenoxy) is 3. The van der Waals surface area contributed by atoms with Crippen LogP contribution < -0.4 is 14.2 Å². The molecule has 7 nitrogen and oxygen atoms in total. The summed E-state index contributed by atoms with van der Waals surface area (Å²) < 4.78 is 21.5. The molecule has 0 N–H and O–H groups in total. The topological polar surface area (TPSA) is 69.9 Å². The molecule has 0 bridgehead atoms. The number of likely N-dealkylation sites (tertiary alicyclic amines) is 1. The highest BCUT2D eigenvalue weighted by molar-refractivity contribution is 5.66. The van der Waals surface area contributed by atoms with E-state index in [9.17, 15) is 0 Å². The Kier molecular flexibility index (Phi) is 5.43. The molecule has 1 saturated heterocycles. The van der Waals surface area contributed by atoms with E-state index in [1.54, 1.807) is 21.3 Å². The first kappa shape index (κ1) is 17.5. The van der Waals surface area contributed by atoms with Gasteiger partial charge in [0.15, 0.2) is 11.5 Å². The summed E-state index contributed by atoms with van der Waals surface area (Å²) in [5.74, 6) is 3.60. The third-order valence-electron chi connectivity index (χ3n) is 4.63. The molecule has 0 aliphatic carbocycles. The molecule has 1 aliphatic rings. The van der Waals surface area contributed by atoms with Crippen LogP contribution in [-0.4, -0.2) is 49.5 Å². The van der Waals surface area contributed by atoms with Crippen molar-refractivity contribution in [3.05, 3.63) is 18.0 Å². The van der Waals surface area contributed by atoms with E-state index in [2.05, 4.69) is 22.0 Å². The van der Waals surface area contributed by atoms with Gasteiger partial charge in [-0.3, -0.25) is 4.90 Å². The van der Waals surface area contributed by atoms with Gasteiger partial charge in [-0.05, 0) is 44.0 Å². The molecule has 1 aromatic carbocycles. The molecule has 2 aromatic rings. The molecular formula is C18H25N3O4. The van der Waals surface area contributed by atoms with Crippen molar-refractivity contribution in [1.82, 2.24) is 15.0 Å². The summed E-state index contributed by atoms with van der Waals surface area (Å²) in [7, 11) is 4.74. The maximum Gasteiger partial charge on any atom is 0.241 e. The zero-order valence-corrected chi connectivity index (χ0v) is 15.2. The molecule has 7 heteroatoms. The second-order valence-corrected chi connectivity index (χ2v) is 6.38. The van der Waals surface area contributed by atoms with Crippen molar-refractivity contribution in [3.63, 3.8) is 0 Å². The van der Waals surface area contributed by atoms with E-state index in [1.165, 1.54) is 12.8 Å². The fourth-order valence-corrected chi connectivity index (χ4v) is 3.06. The van der Waals surface area contributed by atoms with E-state index in [-0.39, 0.29) is 0 Å². The fourth-order valence-electron chi connectivity index (χ4n) is 3.06. The third kappa shape index (κ3) is 3.87. The Hall–Kier alpha value is -2.28. The fraction of sp³-hybridized carbons (Fsp3) is 0.556. The molecule has 1 aromatic heterocycles. The number of hydrogen-bond acceptors (Lipinski definition) is 7. The normalized spacial score (nSPS) is 16.0. The average molecular weight is 347 g/mol. The summed E-state index contributed by atoms with van der Waals surface area (Å²) in [6.07, 6.45) is 2.43. The highest BCUT2D eigenvalue weighted by atomic mass is 16.5. The van der Waals surface area contributed by atoms with Crippen molar-refractivity contribution in [2.75, 3.05) is 34.4 Å².